The highest BCUT2D eigenvalue weighted by Crippen LogP contribution is 2.42. The zero-order valence-electron chi connectivity index (χ0n) is 31.4. The second-order valence-corrected chi connectivity index (χ2v) is 14.7. The Morgan fingerprint density at radius 1 is 0.929 bits per heavy atom. The normalized spacial score (nSPS) is 14.4. The van der Waals surface area contributed by atoms with E-state index in [1.807, 2.05) is 42.3 Å². The summed E-state index contributed by atoms with van der Waals surface area (Å²) in [6.07, 6.45) is 3.05. The summed E-state index contributed by atoms with van der Waals surface area (Å²) in [5.41, 5.74) is 3.90. The van der Waals surface area contributed by atoms with Gasteiger partial charge in [0.15, 0.2) is 17.3 Å². The number of likely N-dealkylation sites (N-methyl/N-ethyl adjacent to an activating group) is 1. The van der Waals surface area contributed by atoms with Gasteiger partial charge in [0.25, 0.3) is 17.7 Å². The standard InChI is InChI=1S/C40H42N8O7S/c1-41-35(49)13-14-42-38(51)33-18-24-16-25(11-12-32(24)56-33)43-39(52)37-45-34(22-47(37)3)44-36(50)10-7-15-55-31-20-29-27(19-30(31)54-4)40(53)48-26(21-46(29)2)17-23-8-5-6-9-28(23)48/h5-6,8-9,11-12,16,18-20,22,26H,7,10,13-15,17,21H2,1-4H3,(H,41,49)(H,42,51)(H,43,52)(H,44,50)/t26-/m0/s1. The van der Waals surface area contributed by atoms with E-state index in [-0.39, 0.29) is 67.3 Å². The van der Waals surface area contributed by atoms with Gasteiger partial charge in [0.05, 0.1) is 35.9 Å². The molecule has 0 radical (unpaired) electrons. The lowest BCUT2D eigenvalue weighted by Gasteiger charge is -2.25. The molecule has 0 fully saturated rings. The topological polar surface area (TPSA) is 176 Å². The molecule has 0 saturated carbocycles. The molecule has 5 aromatic rings. The fourth-order valence-corrected chi connectivity index (χ4v) is 7.97. The van der Waals surface area contributed by atoms with E-state index >= 15 is 0 Å². The molecule has 0 unspecified atom stereocenters. The first kappa shape index (κ1) is 37.9. The number of imidazole rings is 1. The number of hydrogen-bond donors (Lipinski definition) is 4. The fourth-order valence-electron chi connectivity index (χ4n) is 7.01. The van der Waals surface area contributed by atoms with Gasteiger partial charge in [0.2, 0.25) is 17.6 Å². The molecule has 7 rings (SSSR count). The van der Waals surface area contributed by atoms with Crippen molar-refractivity contribution >= 4 is 73.8 Å². The predicted octanol–water partition coefficient (Wildman–Crippen LogP) is 4.58. The van der Waals surface area contributed by atoms with Gasteiger partial charge < -0.3 is 45.1 Å². The molecule has 0 spiro atoms. The SMILES string of the molecule is CNC(=O)CCNC(=O)c1cc2cc(NC(=O)c3nc(NC(=O)CCCOc4cc5c(cc4OC)C(=O)N4c6ccccc6C[C@H]4CN5C)cn3C)ccc2s1. The molecule has 0 bridgehead atoms. The maximum Gasteiger partial charge on any atom is 0.291 e. The summed E-state index contributed by atoms with van der Waals surface area (Å²) in [6.45, 7) is 1.10. The van der Waals surface area contributed by atoms with Gasteiger partial charge in [-0.1, -0.05) is 18.2 Å². The fraction of sp³-hybridized carbons (Fsp3) is 0.300. The van der Waals surface area contributed by atoms with E-state index in [4.69, 9.17) is 9.47 Å². The highest BCUT2D eigenvalue weighted by atomic mass is 32.1. The van der Waals surface area contributed by atoms with Gasteiger partial charge in [-0.3, -0.25) is 24.0 Å². The van der Waals surface area contributed by atoms with E-state index in [1.165, 1.54) is 23.0 Å². The second kappa shape index (κ2) is 16.1. The minimum absolute atomic E-state index is 0.0167. The van der Waals surface area contributed by atoms with Crippen LogP contribution in [-0.4, -0.2) is 86.0 Å². The summed E-state index contributed by atoms with van der Waals surface area (Å²) in [5, 5.41) is 11.6. The molecule has 1 atom stereocenters. The second-order valence-electron chi connectivity index (χ2n) is 13.6. The third-order valence-electron chi connectivity index (χ3n) is 9.77. The Hall–Kier alpha value is -6.42. The lowest BCUT2D eigenvalue weighted by Crippen LogP contribution is -2.41. The maximum absolute atomic E-state index is 13.9. The van der Waals surface area contributed by atoms with Crippen LogP contribution in [0, 0.1) is 0 Å². The molecule has 3 aromatic carbocycles. The predicted molar refractivity (Wildman–Crippen MR) is 214 cm³/mol. The molecule has 0 aliphatic carbocycles. The van der Waals surface area contributed by atoms with Crippen molar-refractivity contribution in [2.75, 3.05) is 61.3 Å². The molecule has 2 aromatic heterocycles. The first-order valence-corrected chi connectivity index (χ1v) is 19.0. The number of fused-ring (bicyclic) bond motifs is 5. The van der Waals surface area contributed by atoms with E-state index in [0.29, 0.717) is 40.6 Å². The summed E-state index contributed by atoms with van der Waals surface area (Å²) in [6, 6.07) is 18.6. The molecule has 16 heteroatoms. The summed E-state index contributed by atoms with van der Waals surface area (Å²) in [5.74, 6) is -0.0608. The molecular weight excluding hydrogens is 737 g/mol. The lowest BCUT2D eigenvalue weighted by molar-refractivity contribution is -0.120. The lowest BCUT2D eigenvalue weighted by atomic mass is 10.1. The largest absolute Gasteiger partial charge is 0.493 e. The van der Waals surface area contributed by atoms with Gasteiger partial charge in [0.1, 0.15) is 0 Å². The van der Waals surface area contributed by atoms with Crippen LogP contribution in [-0.2, 0) is 23.1 Å². The number of ether oxygens (including phenoxy) is 2. The number of rotatable bonds is 13. The number of nitrogens with zero attached hydrogens (tertiary/aromatic N) is 4. The molecule has 0 saturated heterocycles. The van der Waals surface area contributed by atoms with E-state index in [2.05, 4.69) is 37.2 Å². The van der Waals surface area contributed by atoms with Gasteiger partial charge >= 0.3 is 0 Å². The van der Waals surface area contributed by atoms with Crippen molar-refractivity contribution in [2.24, 2.45) is 7.05 Å². The molecular formula is C40H42N8O7S. The van der Waals surface area contributed by atoms with E-state index in [9.17, 15) is 24.0 Å². The van der Waals surface area contributed by atoms with Crippen molar-refractivity contribution in [3.05, 3.63) is 88.7 Å². The molecule has 5 amide bonds. The van der Waals surface area contributed by atoms with Crippen LogP contribution in [0.4, 0.5) is 22.9 Å². The van der Waals surface area contributed by atoms with Crippen LogP contribution >= 0.6 is 11.3 Å². The zero-order valence-corrected chi connectivity index (χ0v) is 32.2. The van der Waals surface area contributed by atoms with Crippen molar-refractivity contribution < 1.29 is 33.4 Å². The quantitative estimate of drug-likeness (QED) is 0.125. The number of nitrogens with one attached hydrogen (secondary N) is 4. The van der Waals surface area contributed by atoms with Crippen LogP contribution in [0.15, 0.2) is 66.9 Å². The van der Waals surface area contributed by atoms with Crippen LogP contribution in [0.25, 0.3) is 10.1 Å². The van der Waals surface area contributed by atoms with Crippen molar-refractivity contribution in [3.8, 4) is 11.5 Å². The first-order valence-electron chi connectivity index (χ1n) is 18.2. The Morgan fingerprint density at radius 3 is 2.55 bits per heavy atom. The van der Waals surface area contributed by atoms with Crippen LogP contribution in [0.2, 0.25) is 0 Å². The van der Waals surface area contributed by atoms with Gasteiger partial charge in [-0.05, 0) is 60.2 Å². The Labute approximate surface area is 327 Å². The van der Waals surface area contributed by atoms with Crippen molar-refractivity contribution in [2.45, 2.75) is 31.7 Å². The minimum atomic E-state index is -0.476. The number of anilines is 4. The van der Waals surface area contributed by atoms with Crippen LogP contribution in [0.5, 0.6) is 11.5 Å². The van der Waals surface area contributed by atoms with Gasteiger partial charge in [-0.15, -0.1) is 11.3 Å². The number of carbonyl (C=O) groups excluding carboxylic acids is 5. The number of hydrogen-bond acceptors (Lipinski definition) is 10. The zero-order chi connectivity index (χ0) is 39.5. The third-order valence-corrected chi connectivity index (χ3v) is 10.9. The van der Waals surface area contributed by atoms with Crippen LogP contribution in [0.3, 0.4) is 0 Å². The van der Waals surface area contributed by atoms with E-state index in [1.54, 1.807) is 44.6 Å². The smallest absolute Gasteiger partial charge is 0.291 e. The molecule has 4 heterocycles. The summed E-state index contributed by atoms with van der Waals surface area (Å²) in [7, 11) is 6.70. The van der Waals surface area contributed by atoms with Crippen molar-refractivity contribution in [1.82, 2.24) is 20.2 Å². The average Bonchev–Trinajstić information content (AvgIpc) is 3.88. The summed E-state index contributed by atoms with van der Waals surface area (Å²) < 4.78 is 14.1. The van der Waals surface area contributed by atoms with Crippen LogP contribution in [0.1, 0.15) is 55.5 Å². The summed E-state index contributed by atoms with van der Waals surface area (Å²) in [4.78, 5) is 72.7. The number of aryl methyl sites for hydroxylation is 1. The van der Waals surface area contributed by atoms with Crippen molar-refractivity contribution in [3.63, 3.8) is 0 Å². The number of methoxy groups -OCH3 is 1. The van der Waals surface area contributed by atoms with Crippen LogP contribution < -0.4 is 40.5 Å². The van der Waals surface area contributed by atoms with Crippen molar-refractivity contribution in [1.29, 1.82) is 0 Å². The van der Waals surface area contributed by atoms with Gasteiger partial charge in [-0.25, -0.2) is 4.98 Å². The Balaban J connectivity index is 0.917. The number of amides is 5. The number of aromatic nitrogens is 2. The number of carbonyl (C=O) groups is 5. The third kappa shape index (κ3) is 7.86. The van der Waals surface area contributed by atoms with Gasteiger partial charge in [-0.2, -0.15) is 0 Å². The molecule has 2 aliphatic rings. The van der Waals surface area contributed by atoms with Gasteiger partial charge in [0, 0.05) is 75.4 Å². The molecule has 4 N–H and O–H groups in total. The minimum Gasteiger partial charge on any atom is -0.493 e. The van der Waals surface area contributed by atoms with E-state index < -0.39 is 5.91 Å². The Kier molecular flexibility index (Phi) is 10.9. The Bertz CT molecular complexity index is 2350. The highest BCUT2D eigenvalue weighted by Gasteiger charge is 2.39. The number of benzene rings is 3. The molecule has 2 aliphatic heterocycles. The first-order chi connectivity index (χ1) is 27.0. The molecule has 15 nitrogen and oxygen atoms in total. The Morgan fingerprint density at radius 2 is 1.75 bits per heavy atom. The maximum atomic E-state index is 13.9. The number of thiophene rings is 1. The summed E-state index contributed by atoms with van der Waals surface area (Å²) >= 11 is 1.31. The highest BCUT2D eigenvalue weighted by molar-refractivity contribution is 7.20. The molecule has 290 valence electrons. The monoisotopic (exact) mass is 778 g/mol. The number of para-hydroxylation sites is 1. The van der Waals surface area contributed by atoms with E-state index in [0.717, 1.165) is 33.4 Å². The average molecular weight is 779 g/mol. The molecule has 56 heavy (non-hydrogen) atoms.